The fourth-order valence-corrected chi connectivity index (χ4v) is 3.85. The first-order chi connectivity index (χ1) is 15.7. The summed E-state index contributed by atoms with van der Waals surface area (Å²) in [4.78, 5) is 8.68. The number of pyridine rings is 1. The van der Waals surface area contributed by atoms with Crippen LogP contribution in [0.2, 0.25) is 0 Å². The summed E-state index contributed by atoms with van der Waals surface area (Å²) in [5.74, 6) is 0.217. The third kappa shape index (κ3) is 5.92. The van der Waals surface area contributed by atoms with Crippen LogP contribution >= 0.6 is 0 Å². The molecule has 8 heteroatoms. The van der Waals surface area contributed by atoms with Crippen LogP contribution in [-0.4, -0.2) is 60.1 Å². The Morgan fingerprint density at radius 3 is 3.03 bits per heavy atom. The highest BCUT2D eigenvalue weighted by molar-refractivity contribution is 6.10. The first-order valence-corrected chi connectivity index (χ1v) is 10.9. The van der Waals surface area contributed by atoms with Crippen molar-refractivity contribution in [2.75, 3.05) is 33.0 Å². The predicted molar refractivity (Wildman–Crippen MR) is 119 cm³/mol. The van der Waals surface area contributed by atoms with Crippen LogP contribution in [-0.2, 0) is 27.1 Å². The molecule has 4 rings (SSSR count). The molecule has 1 aromatic heterocycles. The lowest BCUT2D eigenvalue weighted by atomic mass is 9.93. The highest BCUT2D eigenvalue weighted by Crippen LogP contribution is 2.23. The number of ether oxygens (including phenoxy) is 3. The van der Waals surface area contributed by atoms with E-state index in [2.05, 4.69) is 27.6 Å². The number of benzene rings is 1. The number of aryl methyl sites for hydroxylation is 1. The Hall–Kier alpha value is -2.78. The second kappa shape index (κ2) is 11.2. The summed E-state index contributed by atoms with van der Waals surface area (Å²) >= 11 is 0. The summed E-state index contributed by atoms with van der Waals surface area (Å²) in [6.07, 6.45) is 6.66. The van der Waals surface area contributed by atoms with Crippen LogP contribution in [0.4, 0.5) is 0 Å². The van der Waals surface area contributed by atoms with E-state index in [4.69, 9.17) is 14.2 Å². The second-order valence-electron chi connectivity index (χ2n) is 7.85. The molecular weight excluding hydrogens is 410 g/mol. The smallest absolute Gasteiger partial charge is 0.213 e. The lowest BCUT2D eigenvalue weighted by Crippen LogP contribution is -2.33. The fourth-order valence-electron chi connectivity index (χ4n) is 3.85. The van der Waals surface area contributed by atoms with Gasteiger partial charge in [-0.3, -0.25) is 15.2 Å². The van der Waals surface area contributed by atoms with E-state index in [0.717, 1.165) is 29.7 Å². The van der Waals surface area contributed by atoms with E-state index < -0.39 is 6.10 Å². The number of hydrogen-bond acceptors (Lipinski definition) is 8. The maximum atomic E-state index is 10.4. The number of rotatable bonds is 9. The fraction of sp³-hybridized carbons (Fsp3) is 0.417. The van der Waals surface area contributed by atoms with Crippen LogP contribution in [0.15, 0.2) is 59.7 Å². The largest absolute Gasteiger partial charge is 0.475 e. The molecule has 2 atom stereocenters. The number of aliphatic imine (C=N–C) groups is 1. The van der Waals surface area contributed by atoms with E-state index in [0.29, 0.717) is 32.8 Å². The van der Waals surface area contributed by atoms with E-state index in [1.165, 1.54) is 11.1 Å². The molecule has 2 aromatic rings. The molecule has 1 fully saturated rings. The normalized spacial score (nSPS) is 19.6. The van der Waals surface area contributed by atoms with Crippen molar-refractivity contribution in [1.82, 2.24) is 10.5 Å². The molecule has 2 aliphatic heterocycles. The van der Waals surface area contributed by atoms with E-state index in [1.54, 1.807) is 18.5 Å². The number of allylic oxidation sites excluding steroid dienone is 1. The Kier molecular flexibility index (Phi) is 7.84. The molecule has 32 heavy (non-hydrogen) atoms. The number of hydrogen-bond donors (Lipinski definition) is 3. The topological polar surface area (TPSA) is 105 Å². The minimum absolute atomic E-state index is 0.161. The van der Waals surface area contributed by atoms with E-state index >= 15 is 0 Å². The average molecular weight is 440 g/mol. The van der Waals surface area contributed by atoms with Crippen LogP contribution in [0.3, 0.4) is 0 Å². The highest BCUT2D eigenvalue weighted by atomic mass is 16.6. The second-order valence-corrected chi connectivity index (χ2v) is 7.85. The molecule has 0 radical (unpaired) electrons. The Bertz CT molecular complexity index is 942. The van der Waals surface area contributed by atoms with E-state index in [-0.39, 0.29) is 18.6 Å². The molecular formula is C24H29N3O5. The van der Waals surface area contributed by atoms with Gasteiger partial charge in [0.15, 0.2) is 0 Å². The summed E-state index contributed by atoms with van der Waals surface area (Å²) in [6, 6.07) is 10.0. The van der Waals surface area contributed by atoms with Crippen LogP contribution in [0, 0.1) is 0 Å². The first-order valence-electron chi connectivity index (χ1n) is 10.9. The molecule has 0 amide bonds. The number of aromatic nitrogens is 1. The molecule has 170 valence electrons. The average Bonchev–Trinajstić information content (AvgIpc) is 2.86. The van der Waals surface area contributed by atoms with E-state index in [9.17, 15) is 10.3 Å². The lowest BCUT2D eigenvalue weighted by molar-refractivity contribution is -0.112. The molecule has 2 aliphatic rings. The van der Waals surface area contributed by atoms with Gasteiger partial charge in [-0.15, -0.1) is 0 Å². The number of nitrogens with one attached hydrogen (secondary N) is 1. The summed E-state index contributed by atoms with van der Waals surface area (Å²) in [5.41, 5.74) is 7.08. The SMILES string of the molecule is ONC(=CC1=NCCc2cc(CCC(O)c3cccnc3)ccc21)OCC1COCCO1. The van der Waals surface area contributed by atoms with Crippen LogP contribution in [0.25, 0.3) is 0 Å². The number of aliphatic hydroxyl groups excluding tert-OH is 1. The maximum Gasteiger partial charge on any atom is 0.213 e. The molecule has 3 N–H and O–H groups in total. The molecule has 0 bridgehead atoms. The van der Waals surface area contributed by atoms with Gasteiger partial charge in [0.05, 0.1) is 31.6 Å². The van der Waals surface area contributed by atoms with Gasteiger partial charge in [0.2, 0.25) is 5.88 Å². The van der Waals surface area contributed by atoms with Gasteiger partial charge < -0.3 is 19.3 Å². The van der Waals surface area contributed by atoms with Gasteiger partial charge >= 0.3 is 0 Å². The Morgan fingerprint density at radius 1 is 1.31 bits per heavy atom. The van der Waals surface area contributed by atoms with Crippen molar-refractivity contribution in [2.45, 2.75) is 31.5 Å². The van der Waals surface area contributed by atoms with Crippen molar-refractivity contribution in [3.63, 3.8) is 0 Å². The van der Waals surface area contributed by atoms with Crippen LogP contribution < -0.4 is 5.48 Å². The zero-order valence-electron chi connectivity index (χ0n) is 17.9. The highest BCUT2D eigenvalue weighted by Gasteiger charge is 2.18. The molecule has 0 spiro atoms. The molecule has 8 nitrogen and oxygen atoms in total. The first kappa shape index (κ1) is 22.4. The van der Waals surface area contributed by atoms with Gasteiger partial charge in [0.1, 0.15) is 12.7 Å². The molecule has 0 aliphatic carbocycles. The Balaban J connectivity index is 1.39. The van der Waals surface area contributed by atoms with Crippen molar-refractivity contribution < 1.29 is 24.5 Å². The van der Waals surface area contributed by atoms with Gasteiger partial charge in [0.25, 0.3) is 0 Å². The van der Waals surface area contributed by atoms with Crippen LogP contribution in [0.1, 0.15) is 34.8 Å². The molecule has 0 saturated carbocycles. The van der Waals surface area contributed by atoms with Crippen molar-refractivity contribution in [3.8, 4) is 0 Å². The maximum absolute atomic E-state index is 10.4. The van der Waals surface area contributed by atoms with Gasteiger partial charge in [-0.1, -0.05) is 24.3 Å². The Labute approximate surface area is 187 Å². The quantitative estimate of drug-likeness (QED) is 0.407. The van der Waals surface area contributed by atoms with Gasteiger partial charge in [-0.25, -0.2) is 5.48 Å². The third-order valence-corrected chi connectivity index (χ3v) is 5.57. The summed E-state index contributed by atoms with van der Waals surface area (Å²) < 4.78 is 16.6. The lowest BCUT2D eigenvalue weighted by Gasteiger charge is -2.23. The van der Waals surface area contributed by atoms with Crippen molar-refractivity contribution in [2.24, 2.45) is 4.99 Å². The molecule has 3 heterocycles. The Morgan fingerprint density at radius 2 is 2.25 bits per heavy atom. The zero-order chi connectivity index (χ0) is 22.2. The predicted octanol–water partition coefficient (Wildman–Crippen LogP) is 2.35. The number of nitrogens with zero attached hydrogens (tertiary/aromatic N) is 2. The zero-order valence-corrected chi connectivity index (χ0v) is 17.9. The van der Waals surface area contributed by atoms with Crippen LogP contribution in [0.5, 0.6) is 0 Å². The van der Waals surface area contributed by atoms with Gasteiger partial charge in [-0.2, -0.15) is 0 Å². The standard InChI is InChI=1S/C24H29N3O5/c28-23(19-2-1-8-25-14-19)6-4-17-3-5-21-18(12-17)7-9-26-22(21)13-24(27-29)32-16-20-15-30-10-11-31-20/h1-3,5,8,12-14,20,23,27-29H,4,6-7,9-11,15-16H2. The minimum atomic E-state index is -0.534. The number of fused-ring (bicyclic) bond motifs is 1. The number of aliphatic hydroxyl groups is 1. The summed E-state index contributed by atoms with van der Waals surface area (Å²) in [7, 11) is 0. The molecule has 1 aromatic carbocycles. The summed E-state index contributed by atoms with van der Waals surface area (Å²) in [5, 5.41) is 19.9. The van der Waals surface area contributed by atoms with Crippen molar-refractivity contribution >= 4 is 5.71 Å². The monoisotopic (exact) mass is 439 g/mol. The van der Waals surface area contributed by atoms with Gasteiger partial charge in [0, 0.05) is 30.6 Å². The van der Waals surface area contributed by atoms with Crippen molar-refractivity contribution in [3.05, 3.63) is 76.9 Å². The minimum Gasteiger partial charge on any atom is -0.475 e. The molecule has 2 unspecified atom stereocenters. The third-order valence-electron chi connectivity index (χ3n) is 5.57. The summed E-state index contributed by atoms with van der Waals surface area (Å²) in [6.45, 7) is 2.55. The number of hydroxylamine groups is 1. The van der Waals surface area contributed by atoms with E-state index in [1.807, 2.05) is 18.2 Å². The molecule has 1 saturated heterocycles. The van der Waals surface area contributed by atoms with Gasteiger partial charge in [-0.05, 0) is 42.0 Å². The van der Waals surface area contributed by atoms with Crippen molar-refractivity contribution in [1.29, 1.82) is 0 Å².